The number of aliphatic carboxylic acids is 1. The second-order valence-electron chi connectivity index (χ2n) is 11.2. The van der Waals surface area contributed by atoms with E-state index in [1.54, 1.807) is 7.11 Å². The summed E-state index contributed by atoms with van der Waals surface area (Å²) in [4.78, 5) is 31.0. The number of methoxy groups -OCH3 is 1. The monoisotopic (exact) mass is 580 g/mol. The van der Waals surface area contributed by atoms with Crippen molar-refractivity contribution in [2.75, 3.05) is 38.4 Å². The molecular formula is C35H36N2O6. The minimum Gasteiger partial charge on any atom is -0.497 e. The van der Waals surface area contributed by atoms with Gasteiger partial charge >= 0.3 is 5.97 Å². The van der Waals surface area contributed by atoms with Crippen LogP contribution in [0.1, 0.15) is 42.9 Å². The molecule has 0 spiro atoms. The molecule has 0 aliphatic carbocycles. The van der Waals surface area contributed by atoms with Gasteiger partial charge < -0.3 is 24.2 Å². The van der Waals surface area contributed by atoms with Crippen LogP contribution in [0.25, 0.3) is 10.8 Å². The van der Waals surface area contributed by atoms with Crippen molar-refractivity contribution in [3.8, 4) is 17.2 Å². The van der Waals surface area contributed by atoms with Crippen LogP contribution in [0, 0.1) is 5.92 Å². The number of anilines is 1. The molecule has 1 fully saturated rings. The molecule has 2 aliphatic rings. The van der Waals surface area contributed by atoms with Gasteiger partial charge in [0.25, 0.3) is 0 Å². The van der Waals surface area contributed by atoms with Crippen molar-refractivity contribution >= 4 is 28.3 Å². The first-order valence-electron chi connectivity index (χ1n) is 14.8. The van der Waals surface area contributed by atoms with E-state index < -0.39 is 17.9 Å². The van der Waals surface area contributed by atoms with Gasteiger partial charge in [0.15, 0.2) is 11.5 Å². The molecule has 0 aromatic heterocycles. The number of carboxylic acids is 1. The highest BCUT2D eigenvalue weighted by Crippen LogP contribution is 2.48. The van der Waals surface area contributed by atoms with E-state index in [1.807, 2.05) is 76.5 Å². The third kappa shape index (κ3) is 5.75. The fraction of sp³-hybridized carbons (Fsp3) is 0.314. The summed E-state index contributed by atoms with van der Waals surface area (Å²) in [6, 6.07) is 26.8. The summed E-state index contributed by atoms with van der Waals surface area (Å²) in [5.74, 6) is -0.171. The summed E-state index contributed by atoms with van der Waals surface area (Å²) >= 11 is 0. The van der Waals surface area contributed by atoms with E-state index in [-0.39, 0.29) is 25.2 Å². The van der Waals surface area contributed by atoms with Crippen LogP contribution in [-0.4, -0.2) is 55.4 Å². The molecule has 3 unspecified atom stereocenters. The standard InChI is InChI=1S/C35H36N2O6/c1-3-4-17-37(27-13-9-23-7-5-6-8-25(23)18-27)32(38)21-36-20-29(26-12-16-30-31(19-26)43-22-42-30)33(35(39)40)34(36)24-10-14-28(41-2)15-11-24/h5-16,18-19,29,33-34H,3-4,17,20-22H2,1-2H3,(H,39,40). The van der Waals surface area contributed by atoms with Crippen LogP contribution in [0.5, 0.6) is 17.2 Å². The molecule has 3 atom stereocenters. The first-order chi connectivity index (χ1) is 21.0. The molecular weight excluding hydrogens is 544 g/mol. The first-order valence-corrected chi connectivity index (χ1v) is 14.8. The normalized spacial score (nSPS) is 19.4. The van der Waals surface area contributed by atoms with E-state index in [4.69, 9.17) is 14.2 Å². The third-order valence-electron chi connectivity index (χ3n) is 8.58. The van der Waals surface area contributed by atoms with E-state index in [0.29, 0.717) is 30.3 Å². The molecule has 0 saturated carbocycles. The average Bonchev–Trinajstić information content (AvgIpc) is 3.66. The number of carboxylic acid groups (broad SMARTS) is 1. The maximum atomic E-state index is 14.2. The Kier molecular flexibility index (Phi) is 8.20. The van der Waals surface area contributed by atoms with E-state index in [2.05, 4.69) is 25.1 Å². The Hall–Kier alpha value is -4.56. The third-order valence-corrected chi connectivity index (χ3v) is 8.58. The lowest BCUT2D eigenvalue weighted by Gasteiger charge is -2.30. The molecule has 0 radical (unpaired) electrons. The lowest BCUT2D eigenvalue weighted by Crippen LogP contribution is -2.41. The zero-order valence-corrected chi connectivity index (χ0v) is 24.4. The van der Waals surface area contributed by atoms with Gasteiger partial charge in [-0.1, -0.05) is 61.9 Å². The number of fused-ring (bicyclic) bond motifs is 2. The lowest BCUT2D eigenvalue weighted by molar-refractivity contribution is -0.143. The van der Waals surface area contributed by atoms with Crippen molar-refractivity contribution in [1.82, 2.24) is 4.90 Å². The summed E-state index contributed by atoms with van der Waals surface area (Å²) in [6.07, 6.45) is 1.81. The van der Waals surface area contributed by atoms with Crippen molar-refractivity contribution in [3.63, 3.8) is 0 Å². The average molecular weight is 581 g/mol. The predicted octanol–water partition coefficient (Wildman–Crippen LogP) is 6.25. The van der Waals surface area contributed by atoms with Crippen molar-refractivity contribution in [3.05, 3.63) is 96.1 Å². The van der Waals surface area contributed by atoms with Gasteiger partial charge in [-0.3, -0.25) is 14.5 Å². The molecule has 2 aliphatic heterocycles. The molecule has 8 heteroatoms. The Balaban J connectivity index is 1.36. The van der Waals surface area contributed by atoms with Gasteiger partial charge in [-0.05, 0) is 64.7 Å². The van der Waals surface area contributed by atoms with Crippen LogP contribution in [0.2, 0.25) is 0 Å². The number of carbonyl (C=O) groups excluding carboxylic acids is 1. The van der Waals surface area contributed by atoms with Crippen molar-refractivity contribution in [2.24, 2.45) is 5.92 Å². The number of benzene rings is 4. The molecule has 1 amide bonds. The highest BCUT2D eigenvalue weighted by Gasteiger charge is 2.48. The summed E-state index contributed by atoms with van der Waals surface area (Å²) in [5, 5.41) is 12.8. The van der Waals surface area contributed by atoms with Crippen LogP contribution in [0.4, 0.5) is 5.69 Å². The second-order valence-corrected chi connectivity index (χ2v) is 11.2. The Morgan fingerprint density at radius 1 is 0.930 bits per heavy atom. The quantitative estimate of drug-likeness (QED) is 0.237. The molecule has 4 aromatic rings. The number of rotatable bonds is 10. The van der Waals surface area contributed by atoms with Gasteiger partial charge in [0.2, 0.25) is 12.7 Å². The molecule has 2 heterocycles. The van der Waals surface area contributed by atoms with Crippen LogP contribution in [0.3, 0.4) is 0 Å². The maximum absolute atomic E-state index is 14.2. The molecule has 0 bridgehead atoms. The number of nitrogens with zero attached hydrogens (tertiary/aromatic N) is 2. The number of amides is 1. The number of hydrogen-bond donors (Lipinski definition) is 1. The maximum Gasteiger partial charge on any atom is 0.309 e. The minimum atomic E-state index is -0.907. The molecule has 6 rings (SSSR count). The van der Waals surface area contributed by atoms with E-state index >= 15 is 0 Å². The number of unbranched alkanes of at least 4 members (excludes halogenated alkanes) is 1. The summed E-state index contributed by atoms with van der Waals surface area (Å²) < 4.78 is 16.5. The predicted molar refractivity (Wildman–Crippen MR) is 165 cm³/mol. The SMILES string of the molecule is CCCCN(C(=O)CN1CC(c2ccc3c(c2)OCO3)C(C(=O)O)C1c1ccc(OC)cc1)c1ccc2ccccc2c1. The summed E-state index contributed by atoms with van der Waals surface area (Å²) in [6.45, 7) is 3.32. The molecule has 4 aromatic carbocycles. The zero-order chi connectivity index (χ0) is 29.9. The number of likely N-dealkylation sites (tertiary alicyclic amines) is 1. The number of ether oxygens (including phenoxy) is 3. The van der Waals surface area contributed by atoms with Gasteiger partial charge in [-0.2, -0.15) is 0 Å². The summed E-state index contributed by atoms with van der Waals surface area (Å²) in [7, 11) is 1.60. The fourth-order valence-corrected chi connectivity index (χ4v) is 6.39. The fourth-order valence-electron chi connectivity index (χ4n) is 6.39. The highest BCUT2D eigenvalue weighted by atomic mass is 16.7. The Labute approximate surface area is 251 Å². The van der Waals surface area contributed by atoms with Gasteiger partial charge in [-0.25, -0.2) is 0 Å². The largest absolute Gasteiger partial charge is 0.497 e. The minimum absolute atomic E-state index is 0.0577. The zero-order valence-electron chi connectivity index (χ0n) is 24.4. The Morgan fingerprint density at radius 2 is 1.67 bits per heavy atom. The lowest BCUT2D eigenvalue weighted by atomic mass is 9.82. The van der Waals surface area contributed by atoms with Crippen molar-refractivity contribution in [1.29, 1.82) is 0 Å². The smallest absolute Gasteiger partial charge is 0.309 e. The molecule has 43 heavy (non-hydrogen) atoms. The van der Waals surface area contributed by atoms with Crippen molar-refractivity contribution < 1.29 is 28.9 Å². The molecule has 222 valence electrons. The number of carbonyl (C=O) groups is 2. The van der Waals surface area contributed by atoms with E-state index in [1.165, 1.54) is 0 Å². The van der Waals surface area contributed by atoms with Gasteiger partial charge in [0, 0.05) is 30.7 Å². The summed E-state index contributed by atoms with van der Waals surface area (Å²) in [5.41, 5.74) is 2.52. The highest BCUT2D eigenvalue weighted by molar-refractivity contribution is 5.97. The molecule has 8 nitrogen and oxygen atoms in total. The van der Waals surface area contributed by atoms with Gasteiger partial charge in [0.05, 0.1) is 19.6 Å². The van der Waals surface area contributed by atoms with Gasteiger partial charge in [0.1, 0.15) is 5.75 Å². The Morgan fingerprint density at radius 3 is 2.42 bits per heavy atom. The first kappa shape index (κ1) is 28.6. The molecule has 1 N–H and O–H groups in total. The van der Waals surface area contributed by atoms with E-state index in [0.717, 1.165) is 40.4 Å². The number of hydrogen-bond acceptors (Lipinski definition) is 6. The van der Waals surface area contributed by atoms with Crippen molar-refractivity contribution in [2.45, 2.75) is 31.7 Å². The van der Waals surface area contributed by atoms with Crippen LogP contribution >= 0.6 is 0 Å². The second kappa shape index (κ2) is 12.4. The van der Waals surface area contributed by atoms with Crippen LogP contribution in [-0.2, 0) is 9.59 Å². The van der Waals surface area contributed by atoms with Crippen LogP contribution < -0.4 is 19.1 Å². The topological polar surface area (TPSA) is 88.5 Å². The Bertz CT molecular complexity index is 1620. The van der Waals surface area contributed by atoms with Crippen LogP contribution in [0.15, 0.2) is 84.9 Å². The molecule has 1 saturated heterocycles. The van der Waals surface area contributed by atoms with E-state index in [9.17, 15) is 14.7 Å². The van der Waals surface area contributed by atoms with Gasteiger partial charge in [-0.15, -0.1) is 0 Å².